The van der Waals surface area contributed by atoms with Crippen LogP contribution in [0.15, 0.2) is 60.2 Å². The number of rotatable bonds is 4. The highest BCUT2D eigenvalue weighted by molar-refractivity contribution is 7.13. The lowest BCUT2D eigenvalue weighted by Crippen LogP contribution is -2.49. The molecule has 1 fully saturated rings. The summed E-state index contributed by atoms with van der Waals surface area (Å²) in [6.07, 6.45) is 3.48. The second-order valence-electron chi connectivity index (χ2n) is 6.94. The number of H-pyrrole nitrogens is 1. The molecule has 5 rings (SSSR count). The quantitative estimate of drug-likeness (QED) is 0.549. The molecule has 0 unspecified atom stereocenters. The molecule has 1 saturated heterocycles. The first-order chi connectivity index (χ1) is 14.8. The van der Waals surface area contributed by atoms with E-state index in [1.165, 1.54) is 0 Å². The van der Waals surface area contributed by atoms with Gasteiger partial charge in [-0.3, -0.25) is 14.9 Å². The Kier molecular flexibility index (Phi) is 4.94. The van der Waals surface area contributed by atoms with Crippen LogP contribution in [-0.4, -0.2) is 62.4 Å². The van der Waals surface area contributed by atoms with Crippen molar-refractivity contribution >= 4 is 23.1 Å². The van der Waals surface area contributed by atoms with Crippen LogP contribution in [0.1, 0.15) is 10.5 Å². The van der Waals surface area contributed by atoms with Crippen LogP contribution < -0.4 is 4.90 Å². The smallest absolute Gasteiger partial charge is 0.274 e. The molecule has 5 heterocycles. The van der Waals surface area contributed by atoms with E-state index in [2.05, 4.69) is 30.3 Å². The second kappa shape index (κ2) is 8.03. The van der Waals surface area contributed by atoms with Gasteiger partial charge in [0.05, 0.1) is 16.3 Å². The van der Waals surface area contributed by atoms with E-state index in [1.807, 2.05) is 52.7 Å². The van der Waals surface area contributed by atoms with Crippen molar-refractivity contribution < 1.29 is 4.79 Å². The van der Waals surface area contributed by atoms with E-state index >= 15 is 0 Å². The molecule has 0 aromatic carbocycles. The molecular formula is C21H19N7OS. The number of carbonyl (C=O) groups excluding carboxylic acids is 1. The molecule has 30 heavy (non-hydrogen) atoms. The number of anilines is 1. The van der Waals surface area contributed by atoms with E-state index in [0.29, 0.717) is 31.9 Å². The Morgan fingerprint density at radius 2 is 1.83 bits per heavy atom. The number of amides is 1. The summed E-state index contributed by atoms with van der Waals surface area (Å²) in [6, 6.07) is 13.6. The molecule has 1 N–H and O–H groups in total. The summed E-state index contributed by atoms with van der Waals surface area (Å²) in [7, 11) is 0. The van der Waals surface area contributed by atoms with Crippen LogP contribution in [0.4, 0.5) is 5.82 Å². The maximum atomic E-state index is 12.8. The van der Waals surface area contributed by atoms with E-state index < -0.39 is 0 Å². The fraction of sp³-hybridized carbons (Fsp3) is 0.190. The number of hydrogen-bond donors (Lipinski definition) is 1. The Hall–Kier alpha value is -3.59. The Bertz CT molecular complexity index is 1120. The highest BCUT2D eigenvalue weighted by atomic mass is 32.1. The van der Waals surface area contributed by atoms with Gasteiger partial charge in [-0.05, 0) is 41.8 Å². The van der Waals surface area contributed by atoms with E-state index in [9.17, 15) is 4.79 Å². The number of thiophene rings is 1. The number of hydrogen-bond acceptors (Lipinski definition) is 7. The SMILES string of the molecule is O=C(c1cc(-c2cccs2)[nH]n1)N1CCN(c2ccc(-c3ccncc3)nn2)CC1. The van der Waals surface area contributed by atoms with Gasteiger partial charge in [-0.2, -0.15) is 5.10 Å². The number of nitrogens with one attached hydrogen (secondary N) is 1. The van der Waals surface area contributed by atoms with Crippen LogP contribution >= 0.6 is 11.3 Å². The summed E-state index contributed by atoms with van der Waals surface area (Å²) < 4.78 is 0. The molecular weight excluding hydrogens is 398 g/mol. The Labute approximate surface area is 177 Å². The number of aromatic nitrogens is 5. The van der Waals surface area contributed by atoms with Crippen molar-refractivity contribution in [2.45, 2.75) is 0 Å². The van der Waals surface area contributed by atoms with E-state index in [0.717, 1.165) is 27.6 Å². The third-order valence-electron chi connectivity index (χ3n) is 5.10. The van der Waals surface area contributed by atoms with Crippen molar-refractivity contribution in [3.8, 4) is 21.8 Å². The van der Waals surface area contributed by atoms with Crippen molar-refractivity contribution in [3.63, 3.8) is 0 Å². The van der Waals surface area contributed by atoms with E-state index in [1.54, 1.807) is 23.7 Å². The van der Waals surface area contributed by atoms with Gasteiger partial charge in [0.15, 0.2) is 11.5 Å². The van der Waals surface area contributed by atoms with Crippen molar-refractivity contribution in [1.82, 2.24) is 30.3 Å². The molecule has 150 valence electrons. The minimum absolute atomic E-state index is 0.0483. The molecule has 9 heteroatoms. The van der Waals surface area contributed by atoms with Crippen molar-refractivity contribution in [1.29, 1.82) is 0 Å². The minimum Gasteiger partial charge on any atom is -0.352 e. The molecule has 4 aromatic heterocycles. The zero-order chi connectivity index (χ0) is 20.3. The van der Waals surface area contributed by atoms with Crippen LogP contribution in [0, 0.1) is 0 Å². The summed E-state index contributed by atoms with van der Waals surface area (Å²) in [4.78, 5) is 21.9. The highest BCUT2D eigenvalue weighted by Crippen LogP contribution is 2.24. The fourth-order valence-corrected chi connectivity index (χ4v) is 4.15. The van der Waals surface area contributed by atoms with Crippen molar-refractivity contribution in [2.24, 2.45) is 0 Å². The van der Waals surface area contributed by atoms with Gasteiger partial charge < -0.3 is 9.80 Å². The maximum absolute atomic E-state index is 12.8. The van der Waals surface area contributed by atoms with Gasteiger partial charge in [0.2, 0.25) is 0 Å². The number of piperazine rings is 1. The molecule has 0 radical (unpaired) electrons. The molecule has 1 amide bonds. The molecule has 0 atom stereocenters. The van der Waals surface area contributed by atoms with Crippen LogP contribution in [0.3, 0.4) is 0 Å². The predicted molar refractivity (Wildman–Crippen MR) is 115 cm³/mol. The van der Waals surface area contributed by atoms with Gasteiger partial charge in [-0.1, -0.05) is 6.07 Å². The van der Waals surface area contributed by atoms with Crippen molar-refractivity contribution in [3.05, 3.63) is 65.9 Å². The summed E-state index contributed by atoms with van der Waals surface area (Å²) in [5.74, 6) is 0.771. The Balaban J connectivity index is 1.21. The van der Waals surface area contributed by atoms with Crippen LogP contribution in [0.2, 0.25) is 0 Å². The lowest BCUT2D eigenvalue weighted by molar-refractivity contribution is 0.0740. The van der Waals surface area contributed by atoms with Gasteiger partial charge in [0, 0.05) is 44.1 Å². The van der Waals surface area contributed by atoms with Gasteiger partial charge >= 0.3 is 0 Å². The Morgan fingerprint density at radius 3 is 2.53 bits per heavy atom. The van der Waals surface area contributed by atoms with Crippen LogP contribution in [-0.2, 0) is 0 Å². The average molecular weight is 417 g/mol. The van der Waals surface area contributed by atoms with Gasteiger partial charge in [-0.25, -0.2) is 0 Å². The van der Waals surface area contributed by atoms with Gasteiger partial charge in [-0.15, -0.1) is 21.5 Å². The zero-order valence-corrected chi connectivity index (χ0v) is 16.9. The molecule has 0 bridgehead atoms. The maximum Gasteiger partial charge on any atom is 0.274 e. The largest absolute Gasteiger partial charge is 0.352 e. The molecule has 8 nitrogen and oxygen atoms in total. The van der Waals surface area contributed by atoms with E-state index in [4.69, 9.17) is 0 Å². The normalized spacial score (nSPS) is 14.1. The van der Waals surface area contributed by atoms with E-state index in [-0.39, 0.29) is 5.91 Å². The summed E-state index contributed by atoms with van der Waals surface area (Å²) >= 11 is 1.62. The molecule has 0 spiro atoms. The van der Waals surface area contributed by atoms with Crippen LogP contribution in [0.5, 0.6) is 0 Å². The third-order valence-corrected chi connectivity index (χ3v) is 6.00. The second-order valence-corrected chi connectivity index (χ2v) is 7.88. The third kappa shape index (κ3) is 3.67. The first kappa shape index (κ1) is 18.4. The molecule has 1 aliphatic heterocycles. The molecule has 0 saturated carbocycles. The fourth-order valence-electron chi connectivity index (χ4n) is 3.46. The van der Waals surface area contributed by atoms with Crippen LogP contribution in [0.25, 0.3) is 21.8 Å². The first-order valence-corrected chi connectivity index (χ1v) is 10.5. The number of carbonyl (C=O) groups is 1. The number of aromatic amines is 1. The van der Waals surface area contributed by atoms with Gasteiger partial charge in [0.25, 0.3) is 5.91 Å². The molecule has 0 aliphatic carbocycles. The predicted octanol–water partition coefficient (Wildman–Crippen LogP) is 2.95. The summed E-state index contributed by atoms with van der Waals surface area (Å²) in [5.41, 5.74) is 3.13. The van der Waals surface area contributed by atoms with Gasteiger partial charge in [0.1, 0.15) is 0 Å². The zero-order valence-electron chi connectivity index (χ0n) is 16.1. The molecule has 4 aromatic rings. The number of nitrogens with zero attached hydrogens (tertiary/aromatic N) is 6. The highest BCUT2D eigenvalue weighted by Gasteiger charge is 2.25. The molecule has 1 aliphatic rings. The summed E-state index contributed by atoms with van der Waals surface area (Å²) in [5, 5.41) is 17.9. The minimum atomic E-state index is -0.0483. The average Bonchev–Trinajstić information content (AvgIpc) is 3.52. The lowest BCUT2D eigenvalue weighted by atomic mass is 10.2. The van der Waals surface area contributed by atoms with Crippen molar-refractivity contribution in [2.75, 3.05) is 31.1 Å². The topological polar surface area (TPSA) is 90.9 Å². The standard InChI is InChI=1S/C21H19N7OS/c29-21(18-14-17(24-25-18)19-2-1-13-30-19)28-11-9-27(10-12-28)20-4-3-16(23-26-20)15-5-7-22-8-6-15/h1-8,13-14H,9-12H2,(H,24,25). The first-order valence-electron chi connectivity index (χ1n) is 9.65. The lowest BCUT2D eigenvalue weighted by Gasteiger charge is -2.34. The monoisotopic (exact) mass is 417 g/mol. The summed E-state index contributed by atoms with van der Waals surface area (Å²) in [6.45, 7) is 2.65. The number of pyridine rings is 1. The Morgan fingerprint density at radius 1 is 1.00 bits per heavy atom.